The molecule has 0 aliphatic rings. The molecule has 6 heteroatoms. The standard InChI is InChI=1S/C11H15ClFNO2S/c1-8(6-12)7-17(15,16)14-10-3-4-11(13)9(2)5-10/h3-5,8,14H,6-7H2,1-2H3. The highest BCUT2D eigenvalue weighted by atomic mass is 35.5. The normalized spacial score (nSPS) is 13.4. The lowest BCUT2D eigenvalue weighted by molar-refractivity contribution is 0.588. The Hall–Kier alpha value is -0.810. The monoisotopic (exact) mass is 279 g/mol. The number of anilines is 1. The van der Waals surface area contributed by atoms with Crippen molar-refractivity contribution in [2.24, 2.45) is 5.92 Å². The second-order valence-corrected chi connectivity index (χ2v) is 6.18. The minimum Gasteiger partial charge on any atom is -0.284 e. The van der Waals surface area contributed by atoms with Gasteiger partial charge in [0.15, 0.2) is 0 Å². The minimum absolute atomic E-state index is 0.0487. The number of aryl methyl sites for hydroxylation is 1. The number of nitrogens with one attached hydrogen (secondary N) is 1. The molecular weight excluding hydrogens is 265 g/mol. The minimum atomic E-state index is -3.43. The van der Waals surface area contributed by atoms with Gasteiger partial charge in [0.25, 0.3) is 0 Å². The van der Waals surface area contributed by atoms with Crippen LogP contribution in [-0.4, -0.2) is 20.1 Å². The summed E-state index contributed by atoms with van der Waals surface area (Å²) in [6, 6.07) is 4.08. The summed E-state index contributed by atoms with van der Waals surface area (Å²) in [6.07, 6.45) is 0. The third kappa shape index (κ3) is 4.52. The molecule has 0 radical (unpaired) electrons. The Bertz CT molecular complexity index is 490. The fourth-order valence-corrected chi connectivity index (χ4v) is 3.02. The molecule has 1 unspecified atom stereocenters. The van der Waals surface area contributed by atoms with Crippen molar-refractivity contribution in [2.45, 2.75) is 13.8 Å². The first-order valence-corrected chi connectivity index (χ1v) is 7.35. The number of hydrogen-bond donors (Lipinski definition) is 1. The molecule has 1 aromatic carbocycles. The fraction of sp³-hybridized carbons (Fsp3) is 0.455. The van der Waals surface area contributed by atoms with Gasteiger partial charge in [-0.05, 0) is 36.6 Å². The molecule has 0 aliphatic heterocycles. The zero-order valence-corrected chi connectivity index (χ0v) is 11.3. The van der Waals surface area contributed by atoms with Gasteiger partial charge < -0.3 is 0 Å². The highest BCUT2D eigenvalue weighted by Gasteiger charge is 2.15. The van der Waals surface area contributed by atoms with E-state index in [0.29, 0.717) is 11.3 Å². The predicted molar refractivity (Wildman–Crippen MR) is 68.4 cm³/mol. The van der Waals surface area contributed by atoms with Gasteiger partial charge in [0, 0.05) is 11.6 Å². The van der Waals surface area contributed by atoms with Crippen LogP contribution in [0.1, 0.15) is 12.5 Å². The number of rotatable bonds is 5. The van der Waals surface area contributed by atoms with Crippen molar-refractivity contribution in [3.8, 4) is 0 Å². The third-order valence-electron chi connectivity index (χ3n) is 2.20. The maximum absolute atomic E-state index is 13.0. The summed E-state index contributed by atoms with van der Waals surface area (Å²) in [7, 11) is -3.43. The van der Waals surface area contributed by atoms with E-state index in [4.69, 9.17) is 11.6 Å². The Morgan fingerprint density at radius 1 is 1.47 bits per heavy atom. The van der Waals surface area contributed by atoms with Crippen molar-refractivity contribution in [1.82, 2.24) is 0 Å². The predicted octanol–water partition coefficient (Wildman–Crippen LogP) is 2.75. The molecule has 0 saturated heterocycles. The highest BCUT2D eigenvalue weighted by molar-refractivity contribution is 7.92. The van der Waals surface area contributed by atoms with Gasteiger partial charge in [-0.25, -0.2) is 12.8 Å². The summed E-state index contributed by atoms with van der Waals surface area (Å²) >= 11 is 5.57. The van der Waals surface area contributed by atoms with Crippen LogP contribution in [0.25, 0.3) is 0 Å². The van der Waals surface area contributed by atoms with Crippen molar-refractivity contribution in [1.29, 1.82) is 0 Å². The summed E-state index contributed by atoms with van der Waals surface area (Å²) in [5.41, 5.74) is 0.765. The van der Waals surface area contributed by atoms with E-state index in [2.05, 4.69) is 4.72 Å². The molecule has 0 aromatic heterocycles. The average Bonchev–Trinajstić information content (AvgIpc) is 2.22. The van der Waals surface area contributed by atoms with Crippen LogP contribution in [0.5, 0.6) is 0 Å². The lowest BCUT2D eigenvalue weighted by Gasteiger charge is -2.11. The molecule has 0 spiro atoms. The molecule has 1 rings (SSSR count). The Balaban J connectivity index is 2.80. The molecule has 0 bridgehead atoms. The van der Waals surface area contributed by atoms with Crippen LogP contribution in [0.15, 0.2) is 18.2 Å². The Morgan fingerprint density at radius 3 is 2.65 bits per heavy atom. The van der Waals surface area contributed by atoms with Crippen molar-refractivity contribution in [3.05, 3.63) is 29.6 Å². The van der Waals surface area contributed by atoms with Crippen molar-refractivity contribution in [3.63, 3.8) is 0 Å². The largest absolute Gasteiger partial charge is 0.284 e. The van der Waals surface area contributed by atoms with Gasteiger partial charge >= 0.3 is 0 Å². The second-order valence-electron chi connectivity index (χ2n) is 4.11. The SMILES string of the molecule is Cc1cc(NS(=O)(=O)CC(C)CCl)ccc1F. The van der Waals surface area contributed by atoms with E-state index in [9.17, 15) is 12.8 Å². The lowest BCUT2D eigenvalue weighted by Crippen LogP contribution is -2.22. The Morgan fingerprint density at radius 2 is 2.12 bits per heavy atom. The van der Waals surface area contributed by atoms with E-state index in [0.717, 1.165) is 0 Å². The summed E-state index contributed by atoms with van der Waals surface area (Å²) in [5, 5.41) is 0. The van der Waals surface area contributed by atoms with E-state index in [-0.39, 0.29) is 23.4 Å². The quantitative estimate of drug-likeness (QED) is 0.843. The molecule has 0 fully saturated rings. The van der Waals surface area contributed by atoms with Gasteiger partial charge in [-0.1, -0.05) is 6.92 Å². The van der Waals surface area contributed by atoms with Crippen LogP contribution in [0, 0.1) is 18.7 Å². The molecule has 0 amide bonds. The van der Waals surface area contributed by atoms with E-state index in [1.54, 1.807) is 13.8 Å². The molecule has 96 valence electrons. The average molecular weight is 280 g/mol. The molecule has 1 N–H and O–H groups in total. The summed E-state index contributed by atoms with van der Waals surface area (Å²) in [5.74, 6) is -0.256. The van der Waals surface area contributed by atoms with Gasteiger partial charge in [-0.2, -0.15) is 0 Å². The molecule has 1 aromatic rings. The lowest BCUT2D eigenvalue weighted by atomic mass is 10.2. The molecule has 0 heterocycles. The maximum Gasteiger partial charge on any atom is 0.233 e. The first kappa shape index (κ1) is 14.3. The number of alkyl halides is 1. The molecule has 1 atom stereocenters. The van der Waals surface area contributed by atoms with Crippen LogP contribution in [0.4, 0.5) is 10.1 Å². The third-order valence-corrected chi connectivity index (χ3v) is 4.28. The first-order valence-electron chi connectivity index (χ1n) is 5.16. The maximum atomic E-state index is 13.0. The number of sulfonamides is 1. The van der Waals surface area contributed by atoms with Crippen molar-refractivity contribution in [2.75, 3.05) is 16.4 Å². The Kier molecular flexibility index (Phi) is 4.77. The van der Waals surface area contributed by atoms with Gasteiger partial charge in [0.05, 0.1) is 5.75 Å². The van der Waals surface area contributed by atoms with Gasteiger partial charge in [-0.15, -0.1) is 11.6 Å². The number of hydrogen-bond acceptors (Lipinski definition) is 2. The molecular formula is C11H15ClFNO2S. The van der Waals surface area contributed by atoms with Crippen LogP contribution in [0.3, 0.4) is 0 Å². The highest BCUT2D eigenvalue weighted by Crippen LogP contribution is 2.16. The second kappa shape index (κ2) is 5.69. The molecule has 3 nitrogen and oxygen atoms in total. The zero-order valence-electron chi connectivity index (χ0n) is 9.70. The van der Waals surface area contributed by atoms with E-state index in [1.165, 1.54) is 18.2 Å². The zero-order chi connectivity index (χ0) is 13.1. The van der Waals surface area contributed by atoms with E-state index < -0.39 is 10.0 Å². The molecule has 17 heavy (non-hydrogen) atoms. The van der Waals surface area contributed by atoms with Gasteiger partial charge in [-0.3, -0.25) is 4.72 Å². The Labute approximate surface area is 106 Å². The fourth-order valence-electron chi connectivity index (χ4n) is 1.35. The smallest absolute Gasteiger partial charge is 0.233 e. The van der Waals surface area contributed by atoms with Crippen molar-refractivity contribution < 1.29 is 12.8 Å². The topological polar surface area (TPSA) is 46.2 Å². The number of benzene rings is 1. The van der Waals surface area contributed by atoms with Crippen LogP contribution in [-0.2, 0) is 10.0 Å². The first-order chi connectivity index (χ1) is 7.84. The van der Waals surface area contributed by atoms with Crippen LogP contribution >= 0.6 is 11.6 Å². The van der Waals surface area contributed by atoms with Gasteiger partial charge in [0.1, 0.15) is 5.82 Å². The van der Waals surface area contributed by atoms with Gasteiger partial charge in [0.2, 0.25) is 10.0 Å². The molecule has 0 aliphatic carbocycles. The summed E-state index contributed by atoms with van der Waals surface area (Å²) in [6.45, 7) is 3.33. The summed E-state index contributed by atoms with van der Waals surface area (Å²) in [4.78, 5) is 0. The van der Waals surface area contributed by atoms with E-state index in [1.807, 2.05) is 0 Å². The van der Waals surface area contributed by atoms with E-state index >= 15 is 0 Å². The van der Waals surface area contributed by atoms with Crippen LogP contribution < -0.4 is 4.72 Å². The summed E-state index contributed by atoms with van der Waals surface area (Å²) < 4.78 is 38.8. The van der Waals surface area contributed by atoms with Crippen molar-refractivity contribution >= 4 is 27.3 Å². The molecule has 0 saturated carbocycles. The van der Waals surface area contributed by atoms with Crippen LogP contribution in [0.2, 0.25) is 0 Å². The number of halogens is 2.